The van der Waals surface area contributed by atoms with Gasteiger partial charge in [-0.25, -0.2) is 4.79 Å². The first-order valence-electron chi connectivity index (χ1n) is 7.24. The number of carboxylic acids is 1. The topological polar surface area (TPSA) is 64.4 Å². The van der Waals surface area contributed by atoms with Crippen LogP contribution < -0.4 is 4.74 Å². The molecule has 21 heavy (non-hydrogen) atoms. The maximum absolute atomic E-state index is 11.3. The third-order valence-electron chi connectivity index (χ3n) is 3.16. The molecule has 0 atom stereocenters. The van der Waals surface area contributed by atoms with Gasteiger partial charge >= 0.3 is 5.97 Å². The average molecular weight is 288 g/mol. The maximum Gasteiger partial charge on any atom is 0.342 e. The lowest BCUT2D eigenvalue weighted by Gasteiger charge is -2.03. The van der Waals surface area contributed by atoms with Crippen LogP contribution in [0.5, 0.6) is 11.6 Å². The van der Waals surface area contributed by atoms with Crippen LogP contribution in [0, 0.1) is 0 Å². The lowest BCUT2D eigenvalue weighted by molar-refractivity contribution is 0.0694. The number of ether oxygens (including phenoxy) is 1. The molecule has 1 aromatic carbocycles. The maximum atomic E-state index is 11.3. The van der Waals surface area contributed by atoms with E-state index in [9.17, 15) is 9.90 Å². The lowest BCUT2D eigenvalue weighted by atomic mass is 10.2. The van der Waals surface area contributed by atoms with Gasteiger partial charge in [0.05, 0.1) is 0 Å². The summed E-state index contributed by atoms with van der Waals surface area (Å²) in [5.74, 6) is -0.304. The number of benzene rings is 1. The molecular formula is C16H20N2O3. The van der Waals surface area contributed by atoms with Crippen LogP contribution in [0.2, 0.25) is 0 Å². The van der Waals surface area contributed by atoms with Gasteiger partial charge in [-0.1, -0.05) is 44.4 Å². The molecule has 0 bridgehead atoms. The number of aromatic carboxylic acids is 1. The molecule has 0 radical (unpaired) electrons. The third-order valence-corrected chi connectivity index (χ3v) is 3.16. The van der Waals surface area contributed by atoms with Gasteiger partial charge in [0.25, 0.3) is 5.88 Å². The molecule has 5 nitrogen and oxygen atoms in total. The Balaban J connectivity index is 2.08. The summed E-state index contributed by atoms with van der Waals surface area (Å²) in [6, 6.07) is 9.07. The monoisotopic (exact) mass is 288 g/mol. The van der Waals surface area contributed by atoms with Crippen molar-refractivity contribution in [3.05, 3.63) is 42.1 Å². The molecule has 1 heterocycles. The van der Waals surface area contributed by atoms with Gasteiger partial charge in [-0.3, -0.25) is 4.68 Å². The molecule has 2 aromatic rings. The van der Waals surface area contributed by atoms with Gasteiger partial charge in [0, 0.05) is 12.7 Å². The van der Waals surface area contributed by atoms with Gasteiger partial charge in [0.15, 0.2) is 0 Å². The molecular weight excluding hydrogens is 268 g/mol. The molecule has 0 unspecified atom stereocenters. The van der Waals surface area contributed by atoms with Crippen LogP contribution in [0.4, 0.5) is 0 Å². The normalized spacial score (nSPS) is 10.5. The van der Waals surface area contributed by atoms with Crippen molar-refractivity contribution in [3.63, 3.8) is 0 Å². The van der Waals surface area contributed by atoms with Crippen molar-refractivity contribution in [1.82, 2.24) is 9.78 Å². The van der Waals surface area contributed by atoms with Gasteiger partial charge in [0.1, 0.15) is 11.3 Å². The number of rotatable bonds is 8. The summed E-state index contributed by atoms with van der Waals surface area (Å²) >= 11 is 0. The smallest absolute Gasteiger partial charge is 0.342 e. The van der Waals surface area contributed by atoms with E-state index >= 15 is 0 Å². The van der Waals surface area contributed by atoms with E-state index in [0.29, 0.717) is 12.3 Å². The minimum atomic E-state index is -1.03. The van der Waals surface area contributed by atoms with Crippen LogP contribution in [0.15, 0.2) is 36.5 Å². The lowest BCUT2D eigenvalue weighted by Crippen LogP contribution is -1.99. The first kappa shape index (κ1) is 15.1. The van der Waals surface area contributed by atoms with E-state index in [-0.39, 0.29) is 11.4 Å². The van der Waals surface area contributed by atoms with Crippen molar-refractivity contribution < 1.29 is 14.6 Å². The van der Waals surface area contributed by atoms with E-state index in [2.05, 4.69) is 12.0 Å². The van der Waals surface area contributed by atoms with E-state index in [1.807, 2.05) is 18.2 Å². The molecule has 1 aromatic heterocycles. The molecule has 0 aliphatic rings. The summed E-state index contributed by atoms with van der Waals surface area (Å²) in [6.45, 7) is 2.86. The van der Waals surface area contributed by atoms with Crippen molar-refractivity contribution in [3.8, 4) is 11.6 Å². The van der Waals surface area contributed by atoms with Gasteiger partial charge in [-0.05, 0) is 18.6 Å². The number of aryl methyl sites for hydroxylation is 1. The summed E-state index contributed by atoms with van der Waals surface area (Å²) < 4.78 is 7.22. The van der Waals surface area contributed by atoms with Gasteiger partial charge < -0.3 is 9.84 Å². The van der Waals surface area contributed by atoms with E-state index in [1.165, 1.54) is 19.0 Å². The second kappa shape index (κ2) is 7.47. The van der Waals surface area contributed by atoms with Gasteiger partial charge in [-0.15, -0.1) is 5.10 Å². The highest BCUT2D eigenvalue weighted by Gasteiger charge is 2.17. The number of aromatic nitrogens is 2. The van der Waals surface area contributed by atoms with E-state index in [4.69, 9.17) is 4.74 Å². The van der Waals surface area contributed by atoms with Crippen molar-refractivity contribution in [2.45, 2.75) is 39.2 Å². The number of carbonyl (C=O) groups is 1. The van der Waals surface area contributed by atoms with Gasteiger partial charge in [0.2, 0.25) is 0 Å². The van der Waals surface area contributed by atoms with Crippen LogP contribution >= 0.6 is 0 Å². The number of carboxylic acid groups (broad SMARTS) is 1. The summed E-state index contributed by atoms with van der Waals surface area (Å²) in [7, 11) is 0. The number of hydrogen-bond acceptors (Lipinski definition) is 3. The minimum absolute atomic E-state index is 0.0920. The Kier molecular flexibility index (Phi) is 5.37. The highest BCUT2D eigenvalue weighted by molar-refractivity contribution is 5.90. The predicted molar refractivity (Wildman–Crippen MR) is 79.8 cm³/mol. The SMILES string of the molecule is CCCCCCn1cc(C(=O)O)c(Oc2ccccc2)n1. The van der Waals surface area contributed by atoms with E-state index < -0.39 is 5.97 Å². The third kappa shape index (κ3) is 4.34. The number of nitrogens with zero attached hydrogens (tertiary/aromatic N) is 2. The summed E-state index contributed by atoms with van der Waals surface area (Å²) in [4.78, 5) is 11.3. The second-order valence-corrected chi connectivity index (χ2v) is 4.89. The number of hydrogen-bond donors (Lipinski definition) is 1. The molecule has 0 aliphatic heterocycles. The number of unbranched alkanes of at least 4 members (excludes halogenated alkanes) is 3. The van der Waals surface area contributed by atoms with Crippen LogP contribution in [0.25, 0.3) is 0 Å². The minimum Gasteiger partial charge on any atom is -0.477 e. The van der Waals surface area contributed by atoms with Crippen molar-refractivity contribution in [1.29, 1.82) is 0 Å². The molecule has 0 fully saturated rings. The fourth-order valence-corrected chi connectivity index (χ4v) is 2.04. The summed E-state index contributed by atoms with van der Waals surface area (Å²) in [6.07, 6.45) is 5.99. The largest absolute Gasteiger partial charge is 0.477 e. The van der Waals surface area contributed by atoms with Crippen LogP contribution in [0.3, 0.4) is 0 Å². The molecule has 0 spiro atoms. The first-order chi connectivity index (χ1) is 10.2. The van der Waals surface area contributed by atoms with Crippen molar-refractivity contribution in [2.75, 3.05) is 0 Å². The molecule has 1 N–H and O–H groups in total. The van der Waals surface area contributed by atoms with Crippen LogP contribution in [-0.2, 0) is 6.54 Å². The molecule has 0 aliphatic carbocycles. The summed E-state index contributed by atoms with van der Waals surface area (Å²) in [5.41, 5.74) is 0.0920. The fraction of sp³-hybridized carbons (Fsp3) is 0.375. The van der Waals surface area contributed by atoms with Gasteiger partial charge in [-0.2, -0.15) is 0 Å². The molecule has 0 saturated heterocycles. The standard InChI is InChI=1S/C16H20N2O3/c1-2-3-4-8-11-18-12-14(16(19)20)15(17-18)21-13-9-6-5-7-10-13/h5-7,9-10,12H,2-4,8,11H2,1H3,(H,19,20). The zero-order chi connectivity index (χ0) is 15.1. The Bertz CT molecular complexity index is 578. The van der Waals surface area contributed by atoms with Crippen molar-refractivity contribution in [2.24, 2.45) is 0 Å². The zero-order valence-corrected chi connectivity index (χ0v) is 12.2. The quantitative estimate of drug-likeness (QED) is 0.747. The Morgan fingerprint density at radius 1 is 1.24 bits per heavy atom. The molecule has 112 valence electrons. The molecule has 2 rings (SSSR count). The highest BCUT2D eigenvalue weighted by Crippen LogP contribution is 2.23. The number of para-hydroxylation sites is 1. The summed E-state index contributed by atoms with van der Waals surface area (Å²) in [5, 5.41) is 13.5. The predicted octanol–water partition coefficient (Wildman–Crippen LogP) is 3.95. The second-order valence-electron chi connectivity index (χ2n) is 4.89. The fourth-order valence-electron chi connectivity index (χ4n) is 2.04. The van der Waals surface area contributed by atoms with Crippen molar-refractivity contribution >= 4 is 5.97 Å². The zero-order valence-electron chi connectivity index (χ0n) is 12.2. The van der Waals surface area contributed by atoms with E-state index in [1.54, 1.807) is 16.8 Å². The molecule has 0 amide bonds. The molecule has 5 heteroatoms. The molecule has 0 saturated carbocycles. The Labute approximate surface area is 124 Å². The Hall–Kier alpha value is -2.30. The Morgan fingerprint density at radius 2 is 2.00 bits per heavy atom. The van der Waals surface area contributed by atoms with E-state index in [0.717, 1.165) is 12.8 Å². The van der Waals surface area contributed by atoms with Crippen LogP contribution in [-0.4, -0.2) is 20.9 Å². The first-order valence-corrected chi connectivity index (χ1v) is 7.24. The Morgan fingerprint density at radius 3 is 2.67 bits per heavy atom. The average Bonchev–Trinajstić information content (AvgIpc) is 2.88. The highest BCUT2D eigenvalue weighted by atomic mass is 16.5. The van der Waals surface area contributed by atoms with Crippen LogP contribution in [0.1, 0.15) is 43.0 Å².